The number of aliphatic hydroxyl groups excluding tert-OH is 2. The van der Waals surface area contributed by atoms with E-state index in [4.69, 9.17) is 21.3 Å². The van der Waals surface area contributed by atoms with Crippen LogP contribution in [0.25, 0.3) is 0 Å². The molecule has 1 rings (SSSR count). The van der Waals surface area contributed by atoms with Gasteiger partial charge in [-0.15, -0.1) is 0 Å². The minimum Gasteiger partial charge on any atom is -0.467 e. The Morgan fingerprint density at radius 3 is 2.56 bits per heavy atom. The van der Waals surface area contributed by atoms with Gasteiger partial charge in [0.25, 0.3) is 0 Å². The van der Waals surface area contributed by atoms with Crippen LogP contribution in [0.15, 0.2) is 0 Å². The largest absolute Gasteiger partial charge is 0.467 e. The van der Waals surface area contributed by atoms with Crippen molar-refractivity contribution in [3.8, 4) is 0 Å². The van der Waals surface area contributed by atoms with E-state index in [1.54, 1.807) is 13.8 Å². The van der Waals surface area contributed by atoms with Gasteiger partial charge in [0, 0.05) is 0 Å². The Morgan fingerprint density at radius 2 is 2.06 bits per heavy atom. The molecule has 0 aromatic carbocycles. The van der Waals surface area contributed by atoms with Gasteiger partial charge in [0.2, 0.25) is 0 Å². The van der Waals surface area contributed by atoms with Crippen LogP contribution in [0.1, 0.15) is 13.8 Å². The normalized spacial score (nSPS) is 29.9. The van der Waals surface area contributed by atoms with Crippen LogP contribution < -0.4 is 0 Å². The third-order valence-corrected chi connectivity index (χ3v) is 2.65. The summed E-state index contributed by atoms with van der Waals surface area (Å²) in [6.07, 6.45) is -4.88. The second-order valence-electron chi connectivity index (χ2n) is 4.38. The van der Waals surface area contributed by atoms with E-state index in [1.807, 2.05) is 0 Å². The van der Waals surface area contributed by atoms with Gasteiger partial charge in [-0.25, -0.2) is 4.79 Å². The van der Waals surface area contributed by atoms with Gasteiger partial charge < -0.3 is 24.4 Å². The first-order valence-corrected chi connectivity index (χ1v) is 5.66. The molecule has 18 heavy (non-hydrogen) atoms. The van der Waals surface area contributed by atoms with Crippen molar-refractivity contribution >= 4 is 17.8 Å². The first-order chi connectivity index (χ1) is 8.32. The molecule has 0 radical (unpaired) electrons. The SMILES string of the molecule is COC(=O)[C@H]1OC(C)(C)O[C@H]1[C@H](O)[C@@H](O)COCl. The molecule has 0 bridgehead atoms. The predicted molar refractivity (Wildman–Crippen MR) is 59.7 cm³/mol. The van der Waals surface area contributed by atoms with Crippen molar-refractivity contribution in [1.82, 2.24) is 0 Å². The number of hydrogen-bond acceptors (Lipinski definition) is 7. The second-order valence-corrected chi connectivity index (χ2v) is 4.60. The fraction of sp³-hybridized carbons (Fsp3) is 0.900. The molecule has 0 aromatic heterocycles. The van der Waals surface area contributed by atoms with Crippen LogP contribution in [-0.2, 0) is 23.3 Å². The number of rotatable bonds is 5. The molecule has 0 amide bonds. The quantitative estimate of drug-likeness (QED) is 0.662. The van der Waals surface area contributed by atoms with E-state index in [1.165, 1.54) is 7.11 Å². The Labute approximate surface area is 110 Å². The summed E-state index contributed by atoms with van der Waals surface area (Å²) in [5, 5.41) is 19.5. The molecule has 0 aliphatic carbocycles. The van der Waals surface area contributed by atoms with Gasteiger partial charge in [0.1, 0.15) is 18.3 Å². The number of hydrogen-bond donors (Lipinski definition) is 2. The zero-order valence-electron chi connectivity index (χ0n) is 10.3. The lowest BCUT2D eigenvalue weighted by Crippen LogP contribution is -2.47. The highest BCUT2D eigenvalue weighted by atomic mass is 35.5. The van der Waals surface area contributed by atoms with Gasteiger partial charge in [-0.05, 0) is 13.8 Å². The van der Waals surface area contributed by atoms with Crippen molar-refractivity contribution in [3.05, 3.63) is 0 Å². The number of methoxy groups -OCH3 is 1. The zero-order valence-corrected chi connectivity index (χ0v) is 11.1. The van der Waals surface area contributed by atoms with Crippen LogP contribution in [0, 0.1) is 0 Å². The Balaban J connectivity index is 2.80. The van der Waals surface area contributed by atoms with Crippen LogP contribution in [0.4, 0.5) is 0 Å². The van der Waals surface area contributed by atoms with E-state index in [2.05, 4.69) is 9.03 Å². The Hall–Kier alpha value is -0.440. The lowest BCUT2D eigenvalue weighted by atomic mass is 10.0. The molecule has 0 spiro atoms. The molecule has 1 heterocycles. The van der Waals surface area contributed by atoms with Gasteiger partial charge in [0.05, 0.1) is 25.6 Å². The summed E-state index contributed by atoms with van der Waals surface area (Å²) in [6.45, 7) is 2.86. The summed E-state index contributed by atoms with van der Waals surface area (Å²) in [5.74, 6) is -1.75. The lowest BCUT2D eigenvalue weighted by Gasteiger charge is -2.24. The number of esters is 1. The fourth-order valence-corrected chi connectivity index (χ4v) is 1.85. The number of carbonyl (C=O) groups is 1. The maximum atomic E-state index is 11.5. The molecule has 1 aliphatic heterocycles. The molecule has 0 unspecified atom stereocenters. The van der Waals surface area contributed by atoms with Crippen molar-refractivity contribution in [1.29, 1.82) is 0 Å². The van der Waals surface area contributed by atoms with Crippen LogP contribution in [0.2, 0.25) is 0 Å². The summed E-state index contributed by atoms with van der Waals surface area (Å²) in [7, 11) is 1.19. The van der Waals surface area contributed by atoms with Crippen LogP contribution >= 0.6 is 11.9 Å². The molecule has 8 heteroatoms. The molecule has 1 fully saturated rings. The molecule has 4 atom stereocenters. The summed E-state index contributed by atoms with van der Waals surface area (Å²) >= 11 is 4.99. The molecule has 1 saturated heterocycles. The highest BCUT2D eigenvalue weighted by Crippen LogP contribution is 2.31. The molecular formula is C10H17ClO7. The first kappa shape index (κ1) is 15.6. The molecule has 1 aliphatic rings. The lowest BCUT2D eigenvalue weighted by molar-refractivity contribution is -0.171. The third-order valence-electron chi connectivity index (χ3n) is 2.53. The summed E-state index contributed by atoms with van der Waals surface area (Å²) in [6, 6.07) is 0. The van der Waals surface area contributed by atoms with Crippen molar-refractivity contribution in [2.24, 2.45) is 0 Å². The maximum Gasteiger partial charge on any atom is 0.337 e. The summed E-state index contributed by atoms with van der Waals surface area (Å²) < 4.78 is 19.5. The minimum absolute atomic E-state index is 0.309. The molecule has 106 valence electrons. The average molecular weight is 285 g/mol. The fourth-order valence-electron chi connectivity index (χ4n) is 1.72. The van der Waals surface area contributed by atoms with E-state index < -0.39 is 36.2 Å². The summed E-state index contributed by atoms with van der Waals surface area (Å²) in [4.78, 5) is 11.5. The van der Waals surface area contributed by atoms with E-state index in [0.717, 1.165) is 0 Å². The van der Waals surface area contributed by atoms with Gasteiger partial charge in [-0.2, -0.15) is 0 Å². The molecule has 7 nitrogen and oxygen atoms in total. The van der Waals surface area contributed by atoms with Gasteiger partial charge in [-0.1, -0.05) is 0 Å². The monoisotopic (exact) mass is 284 g/mol. The van der Waals surface area contributed by atoms with Crippen LogP contribution in [-0.4, -0.2) is 60.1 Å². The molecular weight excluding hydrogens is 268 g/mol. The predicted octanol–water partition coefficient (Wildman–Crippen LogP) is -0.428. The second kappa shape index (κ2) is 6.14. The first-order valence-electron chi connectivity index (χ1n) is 5.35. The Bertz CT molecular complexity index is 296. The van der Waals surface area contributed by atoms with E-state index in [-0.39, 0.29) is 6.61 Å². The number of ether oxygens (including phenoxy) is 3. The third kappa shape index (κ3) is 3.53. The van der Waals surface area contributed by atoms with Crippen LogP contribution in [0.3, 0.4) is 0 Å². The van der Waals surface area contributed by atoms with Crippen molar-refractivity contribution in [2.75, 3.05) is 13.7 Å². The van der Waals surface area contributed by atoms with Gasteiger partial charge in [0.15, 0.2) is 11.9 Å². The van der Waals surface area contributed by atoms with Crippen molar-refractivity contribution in [3.63, 3.8) is 0 Å². The number of halogens is 1. The highest BCUT2D eigenvalue weighted by Gasteiger charge is 2.50. The van der Waals surface area contributed by atoms with Crippen LogP contribution in [0.5, 0.6) is 0 Å². The van der Waals surface area contributed by atoms with E-state index in [0.29, 0.717) is 0 Å². The molecule has 0 saturated carbocycles. The Kier molecular flexibility index (Phi) is 5.32. The highest BCUT2D eigenvalue weighted by molar-refractivity contribution is 6.07. The Morgan fingerprint density at radius 1 is 1.44 bits per heavy atom. The zero-order chi connectivity index (χ0) is 13.9. The molecule has 2 N–H and O–H groups in total. The topological polar surface area (TPSA) is 94.5 Å². The average Bonchev–Trinajstić information content (AvgIpc) is 2.63. The van der Waals surface area contributed by atoms with Gasteiger partial charge in [-0.3, -0.25) is 4.29 Å². The maximum absolute atomic E-state index is 11.5. The van der Waals surface area contributed by atoms with E-state index in [9.17, 15) is 15.0 Å². The summed E-state index contributed by atoms with van der Waals surface area (Å²) in [5.41, 5.74) is 0. The van der Waals surface area contributed by atoms with E-state index >= 15 is 0 Å². The van der Waals surface area contributed by atoms with Crippen molar-refractivity contribution in [2.45, 2.75) is 44.1 Å². The molecule has 0 aromatic rings. The standard InChI is InChI=1S/C10H17ClO7/c1-10(2)17-7(6(13)5(12)4-16-11)8(18-10)9(14)15-3/h5-8,12-13H,4H2,1-3H3/t5-,6+,7-,8-/m0/s1. The number of carbonyl (C=O) groups excluding carboxylic acids is 1. The van der Waals surface area contributed by atoms with Crippen molar-refractivity contribution < 1.29 is 33.5 Å². The number of aliphatic hydroxyl groups is 2. The smallest absolute Gasteiger partial charge is 0.337 e. The van der Waals surface area contributed by atoms with Gasteiger partial charge >= 0.3 is 5.97 Å². The minimum atomic E-state index is -1.39.